The van der Waals surface area contributed by atoms with E-state index in [1.54, 1.807) is 74.4 Å². The lowest BCUT2D eigenvalue weighted by molar-refractivity contribution is -0.137. The Balaban J connectivity index is 1.91. The van der Waals surface area contributed by atoms with E-state index in [0.717, 1.165) is 21.7 Å². The van der Waals surface area contributed by atoms with E-state index >= 15 is 0 Å². The van der Waals surface area contributed by atoms with Crippen LogP contribution in [-0.4, -0.2) is 106 Å². The third-order valence-electron chi connectivity index (χ3n) is 9.80. The maximum Gasteiger partial charge on any atom is 0.408 e. The number of hydrogen-bond donors (Lipinski definition) is 5. The second-order valence-corrected chi connectivity index (χ2v) is 20.2. The van der Waals surface area contributed by atoms with Gasteiger partial charge in [0.1, 0.15) is 23.3 Å². The Labute approximate surface area is 383 Å². The molecule has 0 bridgehead atoms. The number of hydrogen-bond acceptors (Lipinski definition) is 12. The van der Waals surface area contributed by atoms with E-state index in [1.807, 2.05) is 42.5 Å². The van der Waals surface area contributed by atoms with Gasteiger partial charge in [-0.15, -0.1) is 0 Å². The summed E-state index contributed by atoms with van der Waals surface area (Å²) in [5, 5.41) is 22.9. The molecule has 0 radical (unpaired) electrons. The van der Waals surface area contributed by atoms with Crippen LogP contribution < -0.4 is 25.6 Å². The van der Waals surface area contributed by atoms with Crippen molar-refractivity contribution in [1.82, 2.24) is 21.3 Å². The molecule has 0 aliphatic heterocycles. The number of nitrogens with zero attached hydrogens (tertiary/aromatic N) is 1. The third-order valence-corrected chi connectivity index (χ3v) is 11.0. The van der Waals surface area contributed by atoms with Crippen LogP contribution in [0.4, 0.5) is 10.5 Å². The van der Waals surface area contributed by atoms with Crippen LogP contribution in [0.15, 0.2) is 72.8 Å². The van der Waals surface area contributed by atoms with E-state index in [0.29, 0.717) is 5.56 Å². The zero-order chi connectivity index (χ0) is 48.9. The summed E-state index contributed by atoms with van der Waals surface area (Å²) in [6, 6.07) is 17.7. The molecule has 358 valence electrons. The second-order valence-electron chi connectivity index (χ2n) is 18.2. The zero-order valence-corrected chi connectivity index (χ0v) is 40.3. The van der Waals surface area contributed by atoms with Gasteiger partial charge in [0.15, 0.2) is 0 Å². The molecule has 18 heteroatoms. The summed E-state index contributed by atoms with van der Waals surface area (Å²) in [4.78, 5) is 66.8. The lowest BCUT2D eigenvalue weighted by Crippen LogP contribution is -2.54. The average Bonchev–Trinajstić information content (AvgIpc) is 3.21. The molecule has 0 saturated carbocycles. The van der Waals surface area contributed by atoms with Crippen molar-refractivity contribution in [3.05, 3.63) is 101 Å². The van der Waals surface area contributed by atoms with Gasteiger partial charge in [-0.1, -0.05) is 68.4 Å². The molecule has 0 aliphatic carbocycles. The molecule has 3 aromatic rings. The fourth-order valence-electron chi connectivity index (χ4n) is 6.26. The number of sulfonamides is 1. The van der Waals surface area contributed by atoms with Crippen LogP contribution >= 0.6 is 0 Å². The van der Waals surface area contributed by atoms with Gasteiger partial charge in [0.2, 0.25) is 21.8 Å². The summed E-state index contributed by atoms with van der Waals surface area (Å²) in [6.45, 7) is 15.5. The molecular weight excluding hydrogens is 859 g/mol. The minimum absolute atomic E-state index is 0.00624. The van der Waals surface area contributed by atoms with Crippen molar-refractivity contribution < 1.29 is 56.4 Å². The summed E-state index contributed by atoms with van der Waals surface area (Å²) < 4.78 is 48.5. The van der Waals surface area contributed by atoms with Gasteiger partial charge in [0, 0.05) is 32.7 Å². The molecule has 0 spiro atoms. The Bertz CT molecular complexity index is 2210. The summed E-state index contributed by atoms with van der Waals surface area (Å²) in [6.07, 6.45) is -2.78. The van der Waals surface area contributed by atoms with Crippen molar-refractivity contribution in [2.45, 2.75) is 123 Å². The van der Waals surface area contributed by atoms with Crippen LogP contribution in [0.5, 0.6) is 0 Å². The maximum absolute atomic E-state index is 14.1. The number of anilines is 1. The number of amides is 4. The van der Waals surface area contributed by atoms with E-state index in [-0.39, 0.29) is 48.9 Å². The average molecular weight is 926 g/mol. The van der Waals surface area contributed by atoms with E-state index < -0.39 is 81.3 Å². The molecule has 0 aromatic heterocycles. The Morgan fingerprint density at radius 2 is 1.38 bits per heavy atom. The number of aliphatic hydroxyl groups is 1. The Morgan fingerprint density at radius 3 is 1.97 bits per heavy atom. The number of rotatable bonds is 21. The van der Waals surface area contributed by atoms with Crippen molar-refractivity contribution >= 4 is 45.5 Å². The fraction of sp³-hybridized carbons (Fsp3) is 0.511. The largest absolute Gasteiger partial charge is 0.456 e. The monoisotopic (exact) mass is 925 g/mol. The van der Waals surface area contributed by atoms with Crippen molar-refractivity contribution in [3.8, 4) is 0 Å². The fourth-order valence-corrected chi connectivity index (χ4v) is 6.75. The normalized spacial score (nSPS) is 14.2. The number of methoxy groups -OCH3 is 1. The van der Waals surface area contributed by atoms with Crippen LogP contribution in [-0.2, 0) is 51.7 Å². The third kappa shape index (κ3) is 18.1. The molecule has 0 fully saturated rings. The number of nitrogens with one attached hydrogen (secondary N) is 4. The Morgan fingerprint density at radius 1 is 0.769 bits per heavy atom. The summed E-state index contributed by atoms with van der Waals surface area (Å²) >= 11 is 0. The highest BCUT2D eigenvalue weighted by Crippen LogP contribution is 2.24. The number of ether oxygens (including phenoxy) is 4. The number of benzene rings is 3. The number of esters is 1. The topological polar surface area (TPSA) is 228 Å². The molecule has 0 unspecified atom stereocenters. The number of aliphatic hydroxyl groups excluding tert-OH is 1. The summed E-state index contributed by atoms with van der Waals surface area (Å²) in [5.74, 6) is -3.05. The van der Waals surface area contributed by atoms with Crippen LogP contribution in [0.3, 0.4) is 0 Å². The van der Waals surface area contributed by atoms with Crippen LogP contribution in [0.25, 0.3) is 0 Å². The van der Waals surface area contributed by atoms with Gasteiger partial charge >= 0.3 is 12.1 Å². The van der Waals surface area contributed by atoms with Crippen molar-refractivity contribution in [2.24, 2.45) is 5.92 Å². The van der Waals surface area contributed by atoms with Gasteiger partial charge < -0.3 is 45.3 Å². The molecule has 3 rings (SSSR count). The van der Waals surface area contributed by atoms with Gasteiger partial charge in [-0.2, -0.15) is 0 Å². The molecule has 17 nitrogen and oxygen atoms in total. The first-order chi connectivity index (χ1) is 30.2. The van der Waals surface area contributed by atoms with Crippen LogP contribution in [0.1, 0.15) is 112 Å². The van der Waals surface area contributed by atoms with E-state index in [4.69, 9.17) is 18.9 Å². The Hall–Kier alpha value is -5.56. The van der Waals surface area contributed by atoms with Crippen molar-refractivity contribution in [1.29, 1.82) is 0 Å². The molecule has 0 heterocycles. The molecular formula is C47H67N5O12S. The van der Waals surface area contributed by atoms with Gasteiger partial charge in [0.05, 0.1) is 48.9 Å². The SMILES string of the molecule is CO[C@H](C[C@H](O)[C@H](COCc1cccc([C@@H](C)NC(=O)OC(C)(C)C)c1)NC(=O)c1cc(C(=O)OC(C)(C)C)cc(N(C)S(C)(=O)=O)c1)C(=O)N[C@H](C(=O)NCc1ccccc1)C(C)C. The van der Waals surface area contributed by atoms with E-state index in [2.05, 4.69) is 21.3 Å². The predicted octanol–water partition coefficient (Wildman–Crippen LogP) is 5.16. The number of alkyl carbamates (subject to hydrolysis) is 1. The highest BCUT2D eigenvalue weighted by Gasteiger charge is 2.33. The number of carbonyl (C=O) groups excluding carboxylic acids is 5. The smallest absolute Gasteiger partial charge is 0.408 e. The molecule has 4 amide bonds. The Kier molecular flexibility index (Phi) is 19.5. The van der Waals surface area contributed by atoms with Gasteiger partial charge in [-0.05, 0) is 89.3 Å². The summed E-state index contributed by atoms with van der Waals surface area (Å²) in [7, 11) is -1.31. The molecule has 0 aliphatic rings. The lowest BCUT2D eigenvalue weighted by Gasteiger charge is -2.28. The van der Waals surface area contributed by atoms with Gasteiger partial charge in [-0.25, -0.2) is 18.0 Å². The van der Waals surface area contributed by atoms with E-state index in [1.165, 1.54) is 32.4 Å². The maximum atomic E-state index is 14.1. The zero-order valence-electron chi connectivity index (χ0n) is 39.5. The van der Waals surface area contributed by atoms with Crippen LogP contribution in [0.2, 0.25) is 0 Å². The number of carbonyl (C=O) groups is 5. The highest BCUT2D eigenvalue weighted by atomic mass is 32.2. The van der Waals surface area contributed by atoms with Gasteiger partial charge in [0.25, 0.3) is 5.91 Å². The minimum atomic E-state index is -3.85. The summed E-state index contributed by atoms with van der Waals surface area (Å²) in [5.41, 5.74) is 0.463. The predicted molar refractivity (Wildman–Crippen MR) is 246 cm³/mol. The molecule has 5 N–H and O–H groups in total. The first-order valence-corrected chi connectivity index (χ1v) is 23.1. The lowest BCUT2D eigenvalue weighted by atomic mass is 10.0. The standard InChI is InChI=1S/C47H67N5O12S/c1-29(2)40(43(56)48-26-31-17-14-13-15-18-31)51-42(55)39(61-11)25-38(53)37(28-62-27-32-19-16-20-33(21-32)30(3)49-45(58)64-47(7,8)9)50-41(54)34-22-35(44(57)63-46(4,5)6)24-36(23-34)52(10)65(12,59)60/h13-24,29-30,37-40,53H,25-28H2,1-12H3,(H,48,56)(H,49,58)(H,50,54)(H,51,55)/t30-,37+,38+,39-,40+/m1/s1. The highest BCUT2D eigenvalue weighted by molar-refractivity contribution is 7.92. The first kappa shape index (κ1) is 53.8. The first-order valence-electron chi connectivity index (χ1n) is 21.3. The molecule has 0 saturated heterocycles. The van der Waals surface area contributed by atoms with Gasteiger partial charge in [-0.3, -0.25) is 18.7 Å². The molecule has 65 heavy (non-hydrogen) atoms. The second kappa shape index (κ2) is 23.6. The minimum Gasteiger partial charge on any atom is -0.456 e. The molecule has 5 atom stereocenters. The quantitative estimate of drug-likeness (QED) is 0.0874. The van der Waals surface area contributed by atoms with Crippen molar-refractivity contribution in [2.75, 3.05) is 31.3 Å². The van der Waals surface area contributed by atoms with E-state index in [9.17, 15) is 37.5 Å². The van der Waals surface area contributed by atoms with Crippen molar-refractivity contribution in [3.63, 3.8) is 0 Å². The van der Waals surface area contributed by atoms with Crippen LogP contribution in [0, 0.1) is 5.92 Å². The molecule has 3 aromatic carbocycles.